The Morgan fingerprint density at radius 3 is 2.60 bits per heavy atom. The van der Waals surface area contributed by atoms with Gasteiger partial charge in [0.2, 0.25) is 0 Å². The molecule has 3 nitrogen and oxygen atoms in total. The normalized spacial score (nSPS) is 15.6. The van der Waals surface area contributed by atoms with Crippen LogP contribution in [0, 0.1) is 6.92 Å². The number of thiazole rings is 1. The molecule has 0 amide bonds. The number of likely N-dealkylation sites (N-methyl/N-ethyl adjacent to an activating group) is 1. The third kappa shape index (κ3) is 3.89. The Bertz CT molecular complexity index is 296. The molecule has 1 aromatic heterocycles. The van der Waals surface area contributed by atoms with Gasteiger partial charge in [0.1, 0.15) is 0 Å². The minimum absolute atomic E-state index is 0.396. The fourth-order valence-electron chi connectivity index (χ4n) is 1.83. The van der Waals surface area contributed by atoms with Gasteiger partial charge in [-0.25, -0.2) is 4.98 Å². The number of hydrogen-bond acceptors (Lipinski definition) is 4. The Morgan fingerprint density at radius 2 is 2.13 bits per heavy atom. The molecule has 2 atom stereocenters. The highest BCUT2D eigenvalue weighted by Crippen LogP contribution is 2.21. The summed E-state index contributed by atoms with van der Waals surface area (Å²) in [6.07, 6.45) is 0. The third-order valence-corrected chi connectivity index (χ3v) is 3.46. The highest BCUT2D eigenvalue weighted by atomic mass is 32.1. The monoisotopic (exact) mass is 227 g/mol. The highest BCUT2D eigenvalue weighted by molar-refractivity contribution is 7.09. The molecule has 0 saturated heterocycles. The summed E-state index contributed by atoms with van der Waals surface area (Å²) in [5.74, 6) is 0. The molecule has 0 aliphatic heterocycles. The van der Waals surface area contributed by atoms with Gasteiger partial charge in [-0.1, -0.05) is 0 Å². The molecule has 0 saturated carbocycles. The van der Waals surface area contributed by atoms with Crippen LogP contribution in [0.1, 0.15) is 30.5 Å². The molecule has 0 bridgehead atoms. The van der Waals surface area contributed by atoms with Crippen molar-refractivity contribution in [2.24, 2.45) is 0 Å². The van der Waals surface area contributed by atoms with E-state index in [4.69, 9.17) is 0 Å². The van der Waals surface area contributed by atoms with E-state index in [9.17, 15) is 0 Å². The van der Waals surface area contributed by atoms with Gasteiger partial charge < -0.3 is 10.2 Å². The molecule has 0 fully saturated rings. The molecule has 2 unspecified atom stereocenters. The molecule has 0 aliphatic rings. The smallest absolute Gasteiger partial charge is 0.0798 e. The second-order valence-corrected chi connectivity index (χ2v) is 5.24. The Morgan fingerprint density at radius 1 is 1.47 bits per heavy atom. The topological polar surface area (TPSA) is 28.2 Å². The second-order valence-electron chi connectivity index (χ2n) is 4.35. The van der Waals surface area contributed by atoms with Crippen molar-refractivity contribution in [1.82, 2.24) is 15.2 Å². The number of aryl methyl sites for hydroxylation is 1. The molecular weight excluding hydrogens is 206 g/mol. The van der Waals surface area contributed by atoms with Gasteiger partial charge in [-0.2, -0.15) is 0 Å². The van der Waals surface area contributed by atoms with E-state index in [0.29, 0.717) is 12.1 Å². The Labute approximate surface area is 96.5 Å². The fraction of sp³-hybridized carbons (Fsp3) is 0.727. The maximum absolute atomic E-state index is 4.27. The van der Waals surface area contributed by atoms with E-state index in [0.717, 1.165) is 12.2 Å². The van der Waals surface area contributed by atoms with Crippen molar-refractivity contribution in [3.05, 3.63) is 16.1 Å². The fourth-order valence-corrected chi connectivity index (χ4v) is 2.65. The van der Waals surface area contributed by atoms with Crippen molar-refractivity contribution in [3.8, 4) is 0 Å². The SMILES string of the molecule is Cc1ncsc1C(C)NC(C)CN(C)C. The first-order valence-corrected chi connectivity index (χ1v) is 6.19. The van der Waals surface area contributed by atoms with Crippen LogP contribution in [0.3, 0.4) is 0 Å². The molecular formula is C11H21N3S. The van der Waals surface area contributed by atoms with Gasteiger partial charge in [0.25, 0.3) is 0 Å². The number of aromatic nitrogens is 1. The van der Waals surface area contributed by atoms with E-state index in [1.54, 1.807) is 11.3 Å². The number of rotatable bonds is 5. The summed E-state index contributed by atoms with van der Waals surface area (Å²) in [5.41, 5.74) is 3.07. The molecule has 1 aromatic rings. The molecule has 0 aliphatic carbocycles. The third-order valence-electron chi connectivity index (χ3n) is 2.35. The van der Waals surface area contributed by atoms with Crippen LogP contribution in [-0.2, 0) is 0 Å². The van der Waals surface area contributed by atoms with E-state index in [2.05, 4.69) is 50.1 Å². The van der Waals surface area contributed by atoms with Crippen LogP contribution in [-0.4, -0.2) is 36.6 Å². The molecule has 0 radical (unpaired) electrons. The summed E-state index contributed by atoms with van der Waals surface area (Å²) in [6.45, 7) is 7.54. The summed E-state index contributed by atoms with van der Waals surface area (Å²) >= 11 is 1.73. The predicted octanol–water partition coefficient (Wildman–Crippen LogP) is 2.05. The van der Waals surface area contributed by atoms with Gasteiger partial charge in [-0.3, -0.25) is 0 Å². The first-order chi connectivity index (χ1) is 7.00. The van der Waals surface area contributed by atoms with Crippen LogP contribution in [0.15, 0.2) is 5.51 Å². The zero-order valence-corrected chi connectivity index (χ0v) is 11.1. The summed E-state index contributed by atoms with van der Waals surface area (Å²) < 4.78 is 0. The Hall–Kier alpha value is -0.450. The van der Waals surface area contributed by atoms with Crippen LogP contribution in [0.2, 0.25) is 0 Å². The molecule has 0 spiro atoms. The van der Waals surface area contributed by atoms with Gasteiger partial charge in [0, 0.05) is 23.5 Å². The lowest BCUT2D eigenvalue weighted by Crippen LogP contribution is -2.37. The van der Waals surface area contributed by atoms with Gasteiger partial charge in [-0.15, -0.1) is 11.3 Å². The first kappa shape index (κ1) is 12.6. The van der Waals surface area contributed by atoms with E-state index in [1.165, 1.54) is 4.88 Å². The molecule has 1 N–H and O–H groups in total. The van der Waals surface area contributed by atoms with Crippen LogP contribution in [0.5, 0.6) is 0 Å². The van der Waals surface area contributed by atoms with Crippen LogP contribution >= 0.6 is 11.3 Å². The van der Waals surface area contributed by atoms with E-state index < -0.39 is 0 Å². The maximum atomic E-state index is 4.27. The average Bonchev–Trinajstić information content (AvgIpc) is 2.49. The first-order valence-electron chi connectivity index (χ1n) is 5.31. The predicted molar refractivity (Wildman–Crippen MR) is 66.4 cm³/mol. The largest absolute Gasteiger partial charge is 0.308 e. The molecule has 15 heavy (non-hydrogen) atoms. The lowest BCUT2D eigenvalue weighted by atomic mass is 10.2. The van der Waals surface area contributed by atoms with Crippen molar-refractivity contribution >= 4 is 11.3 Å². The van der Waals surface area contributed by atoms with E-state index >= 15 is 0 Å². The van der Waals surface area contributed by atoms with E-state index in [-0.39, 0.29) is 0 Å². The number of nitrogens with zero attached hydrogens (tertiary/aromatic N) is 2. The van der Waals surface area contributed by atoms with Crippen LogP contribution < -0.4 is 5.32 Å². The van der Waals surface area contributed by atoms with Crippen molar-refractivity contribution in [2.45, 2.75) is 32.9 Å². The molecule has 1 heterocycles. The molecule has 86 valence electrons. The minimum atomic E-state index is 0.396. The molecule has 4 heteroatoms. The van der Waals surface area contributed by atoms with Gasteiger partial charge >= 0.3 is 0 Å². The van der Waals surface area contributed by atoms with Crippen molar-refractivity contribution in [3.63, 3.8) is 0 Å². The van der Waals surface area contributed by atoms with Gasteiger partial charge in [-0.05, 0) is 34.9 Å². The minimum Gasteiger partial charge on any atom is -0.308 e. The zero-order chi connectivity index (χ0) is 11.4. The Balaban J connectivity index is 2.49. The van der Waals surface area contributed by atoms with Crippen molar-refractivity contribution in [1.29, 1.82) is 0 Å². The average molecular weight is 227 g/mol. The summed E-state index contributed by atoms with van der Waals surface area (Å²) in [6, 6.07) is 0.893. The lowest BCUT2D eigenvalue weighted by Gasteiger charge is -2.22. The van der Waals surface area contributed by atoms with Crippen molar-refractivity contribution in [2.75, 3.05) is 20.6 Å². The highest BCUT2D eigenvalue weighted by Gasteiger charge is 2.13. The quantitative estimate of drug-likeness (QED) is 0.834. The van der Waals surface area contributed by atoms with Gasteiger partial charge in [0.15, 0.2) is 0 Å². The van der Waals surface area contributed by atoms with E-state index in [1.807, 2.05) is 5.51 Å². The summed E-state index contributed by atoms with van der Waals surface area (Å²) in [5, 5.41) is 3.58. The zero-order valence-electron chi connectivity index (χ0n) is 10.2. The standard InChI is InChI=1S/C11H21N3S/c1-8(6-14(4)5)13-10(3)11-9(2)12-7-15-11/h7-8,10,13H,6H2,1-5H3. The maximum Gasteiger partial charge on any atom is 0.0798 e. The van der Waals surface area contributed by atoms with Gasteiger partial charge in [0.05, 0.1) is 11.2 Å². The van der Waals surface area contributed by atoms with Crippen LogP contribution in [0.4, 0.5) is 0 Å². The summed E-state index contributed by atoms with van der Waals surface area (Å²) in [4.78, 5) is 7.82. The summed E-state index contributed by atoms with van der Waals surface area (Å²) in [7, 11) is 4.20. The molecule has 0 aromatic carbocycles. The number of hydrogen-bond donors (Lipinski definition) is 1. The Kier molecular flexibility index (Phi) is 4.70. The number of nitrogens with one attached hydrogen (secondary N) is 1. The second kappa shape index (κ2) is 5.58. The van der Waals surface area contributed by atoms with Crippen molar-refractivity contribution < 1.29 is 0 Å². The molecule has 1 rings (SSSR count). The van der Waals surface area contributed by atoms with Crippen LogP contribution in [0.25, 0.3) is 0 Å². The lowest BCUT2D eigenvalue weighted by molar-refractivity contribution is 0.335.